The zero-order valence-electron chi connectivity index (χ0n) is 11.5. The monoisotopic (exact) mass is 276 g/mol. The second-order valence-corrected chi connectivity index (χ2v) is 5.35. The lowest BCUT2D eigenvalue weighted by Gasteiger charge is -2.27. The minimum atomic E-state index is -0.172. The molecule has 0 aliphatic carbocycles. The maximum Gasteiger partial charge on any atom is 0.323 e. The predicted molar refractivity (Wildman–Crippen MR) is 79.2 cm³/mol. The first-order chi connectivity index (χ1) is 9.70. The van der Waals surface area contributed by atoms with Crippen molar-refractivity contribution in [3.8, 4) is 0 Å². The van der Waals surface area contributed by atoms with Crippen LogP contribution in [0.1, 0.15) is 13.3 Å². The molecule has 20 heavy (non-hydrogen) atoms. The number of fused-ring (bicyclic) bond motifs is 1. The van der Waals surface area contributed by atoms with Gasteiger partial charge in [-0.3, -0.25) is 0 Å². The summed E-state index contributed by atoms with van der Waals surface area (Å²) in [5.41, 5.74) is 2.49. The summed E-state index contributed by atoms with van der Waals surface area (Å²) in [6, 6.07) is 6.58. The van der Waals surface area contributed by atoms with E-state index in [1.54, 1.807) is 0 Å². The van der Waals surface area contributed by atoms with Crippen molar-refractivity contribution < 1.29 is 4.74 Å². The molecule has 2 heterocycles. The SMILES string of the molecule is CC(CC1COCCN1)Nc1ccc2[nH]c(=O)[nH]c2c1. The lowest BCUT2D eigenvalue weighted by atomic mass is 10.1. The first-order valence-corrected chi connectivity index (χ1v) is 7.00. The Morgan fingerprint density at radius 3 is 3.05 bits per heavy atom. The van der Waals surface area contributed by atoms with E-state index in [1.165, 1.54) is 0 Å². The number of hydrogen-bond donors (Lipinski definition) is 4. The number of morpholine rings is 1. The van der Waals surface area contributed by atoms with Crippen molar-refractivity contribution in [3.05, 3.63) is 28.7 Å². The van der Waals surface area contributed by atoms with Gasteiger partial charge in [-0.2, -0.15) is 0 Å². The van der Waals surface area contributed by atoms with Gasteiger partial charge in [0, 0.05) is 24.3 Å². The average molecular weight is 276 g/mol. The van der Waals surface area contributed by atoms with Gasteiger partial charge in [0.1, 0.15) is 0 Å². The van der Waals surface area contributed by atoms with Crippen LogP contribution >= 0.6 is 0 Å². The van der Waals surface area contributed by atoms with Gasteiger partial charge in [-0.15, -0.1) is 0 Å². The van der Waals surface area contributed by atoms with Gasteiger partial charge in [-0.1, -0.05) is 0 Å². The molecular formula is C14H20N4O2. The Hall–Kier alpha value is -1.79. The largest absolute Gasteiger partial charge is 0.382 e. The van der Waals surface area contributed by atoms with Gasteiger partial charge in [-0.05, 0) is 31.5 Å². The summed E-state index contributed by atoms with van der Waals surface area (Å²) in [6.45, 7) is 4.65. The van der Waals surface area contributed by atoms with Crippen molar-refractivity contribution in [1.82, 2.24) is 15.3 Å². The van der Waals surface area contributed by atoms with E-state index in [0.717, 1.165) is 42.9 Å². The van der Waals surface area contributed by atoms with Crippen LogP contribution < -0.4 is 16.3 Å². The number of aromatic amines is 2. The number of nitrogens with one attached hydrogen (secondary N) is 4. The first-order valence-electron chi connectivity index (χ1n) is 7.00. The van der Waals surface area contributed by atoms with Gasteiger partial charge in [0.15, 0.2) is 0 Å². The Morgan fingerprint density at radius 2 is 2.25 bits per heavy atom. The number of hydrogen-bond acceptors (Lipinski definition) is 4. The van der Waals surface area contributed by atoms with Crippen LogP contribution in [0.15, 0.2) is 23.0 Å². The maximum atomic E-state index is 11.2. The Morgan fingerprint density at radius 1 is 1.40 bits per heavy atom. The maximum absolute atomic E-state index is 11.2. The van der Waals surface area contributed by atoms with Crippen molar-refractivity contribution >= 4 is 16.7 Å². The molecule has 2 atom stereocenters. The molecule has 0 bridgehead atoms. The van der Waals surface area contributed by atoms with Crippen LogP contribution in [0.5, 0.6) is 0 Å². The Kier molecular flexibility index (Phi) is 3.75. The molecule has 6 heteroatoms. The predicted octanol–water partition coefficient (Wildman–Crippen LogP) is 1.04. The topological polar surface area (TPSA) is 81.9 Å². The van der Waals surface area contributed by atoms with E-state index in [9.17, 15) is 4.79 Å². The number of anilines is 1. The van der Waals surface area contributed by atoms with Crippen molar-refractivity contribution in [2.45, 2.75) is 25.4 Å². The molecule has 6 nitrogen and oxygen atoms in total. The highest BCUT2D eigenvalue weighted by Crippen LogP contribution is 2.16. The van der Waals surface area contributed by atoms with Gasteiger partial charge in [-0.25, -0.2) is 4.79 Å². The molecule has 0 amide bonds. The van der Waals surface area contributed by atoms with Crippen LogP contribution in [0.3, 0.4) is 0 Å². The quantitative estimate of drug-likeness (QED) is 0.672. The Bertz CT molecular complexity index is 627. The summed E-state index contributed by atoms with van der Waals surface area (Å²) in [6.07, 6.45) is 1.00. The summed E-state index contributed by atoms with van der Waals surface area (Å²) in [5, 5.41) is 6.91. The molecule has 1 aliphatic rings. The molecular weight excluding hydrogens is 256 g/mol. The van der Waals surface area contributed by atoms with Crippen molar-refractivity contribution in [2.24, 2.45) is 0 Å². The second-order valence-electron chi connectivity index (χ2n) is 5.35. The molecule has 1 aromatic carbocycles. The van der Waals surface area contributed by atoms with Crippen molar-refractivity contribution in [1.29, 1.82) is 0 Å². The molecule has 2 unspecified atom stereocenters. The third kappa shape index (κ3) is 3.02. The number of benzene rings is 1. The van der Waals surface area contributed by atoms with Crippen LogP contribution in [0, 0.1) is 0 Å². The van der Waals surface area contributed by atoms with Gasteiger partial charge < -0.3 is 25.3 Å². The number of H-pyrrole nitrogens is 2. The zero-order valence-corrected chi connectivity index (χ0v) is 11.5. The van der Waals surface area contributed by atoms with E-state index in [0.29, 0.717) is 12.1 Å². The molecule has 2 aromatic rings. The average Bonchev–Trinajstić information content (AvgIpc) is 2.79. The van der Waals surface area contributed by atoms with Crippen LogP contribution in [0.2, 0.25) is 0 Å². The molecule has 0 saturated carbocycles. The molecule has 1 saturated heterocycles. The second kappa shape index (κ2) is 5.68. The van der Waals surface area contributed by atoms with Crippen LogP contribution in [-0.4, -0.2) is 41.8 Å². The van der Waals surface area contributed by atoms with Crippen LogP contribution in [0.25, 0.3) is 11.0 Å². The fourth-order valence-electron chi connectivity index (χ4n) is 2.66. The van der Waals surface area contributed by atoms with Gasteiger partial charge in [0.2, 0.25) is 0 Å². The minimum absolute atomic E-state index is 0.172. The molecule has 1 aromatic heterocycles. The normalized spacial score (nSPS) is 20.9. The van der Waals surface area contributed by atoms with Crippen LogP contribution in [0.4, 0.5) is 5.69 Å². The molecule has 108 valence electrons. The van der Waals surface area contributed by atoms with Gasteiger partial charge >= 0.3 is 5.69 Å². The van der Waals surface area contributed by atoms with Gasteiger partial charge in [0.05, 0.1) is 24.2 Å². The number of ether oxygens (including phenoxy) is 1. The van der Waals surface area contributed by atoms with Crippen LogP contribution in [-0.2, 0) is 4.74 Å². The van der Waals surface area contributed by atoms with E-state index in [1.807, 2.05) is 18.2 Å². The Labute approximate surface area is 116 Å². The number of rotatable bonds is 4. The highest BCUT2D eigenvalue weighted by Gasteiger charge is 2.16. The smallest absolute Gasteiger partial charge is 0.323 e. The summed E-state index contributed by atoms with van der Waals surface area (Å²) >= 11 is 0. The molecule has 1 aliphatic heterocycles. The summed E-state index contributed by atoms with van der Waals surface area (Å²) < 4.78 is 5.46. The fraction of sp³-hybridized carbons (Fsp3) is 0.500. The van der Waals surface area contributed by atoms with E-state index in [2.05, 4.69) is 27.5 Å². The highest BCUT2D eigenvalue weighted by molar-refractivity contribution is 5.78. The van der Waals surface area contributed by atoms with Crippen molar-refractivity contribution in [2.75, 3.05) is 25.1 Å². The first kappa shape index (κ1) is 13.2. The lowest BCUT2D eigenvalue weighted by molar-refractivity contribution is 0.0731. The summed E-state index contributed by atoms with van der Waals surface area (Å²) in [7, 11) is 0. The van der Waals surface area contributed by atoms with Gasteiger partial charge in [0.25, 0.3) is 0 Å². The molecule has 0 radical (unpaired) electrons. The Balaban J connectivity index is 1.64. The number of aromatic nitrogens is 2. The third-order valence-corrected chi connectivity index (χ3v) is 3.57. The summed E-state index contributed by atoms with van der Waals surface area (Å²) in [5.74, 6) is 0. The highest BCUT2D eigenvalue weighted by atomic mass is 16.5. The van der Waals surface area contributed by atoms with E-state index in [4.69, 9.17) is 4.74 Å². The number of imidazole rings is 1. The molecule has 0 spiro atoms. The zero-order chi connectivity index (χ0) is 13.9. The van der Waals surface area contributed by atoms with E-state index < -0.39 is 0 Å². The van der Waals surface area contributed by atoms with E-state index in [-0.39, 0.29) is 5.69 Å². The minimum Gasteiger partial charge on any atom is -0.382 e. The molecule has 3 rings (SSSR count). The molecule has 1 fully saturated rings. The van der Waals surface area contributed by atoms with E-state index >= 15 is 0 Å². The summed E-state index contributed by atoms with van der Waals surface area (Å²) in [4.78, 5) is 16.7. The lowest BCUT2D eigenvalue weighted by Crippen LogP contribution is -2.43. The standard InChI is InChI=1S/C14H20N4O2/c1-9(6-11-8-20-5-4-15-11)16-10-2-3-12-13(7-10)18-14(19)17-12/h2-3,7,9,11,15-16H,4-6,8H2,1H3,(H2,17,18,19). The van der Waals surface area contributed by atoms with Crippen molar-refractivity contribution in [3.63, 3.8) is 0 Å². The third-order valence-electron chi connectivity index (χ3n) is 3.57. The fourth-order valence-corrected chi connectivity index (χ4v) is 2.66. The molecule has 4 N–H and O–H groups in total.